The molecule has 0 aliphatic carbocycles. The maximum Gasteiger partial charge on any atom is 0.253 e. The zero-order valence-corrected chi connectivity index (χ0v) is 9.78. The fourth-order valence-electron chi connectivity index (χ4n) is 2.09. The van der Waals surface area contributed by atoms with Crippen molar-refractivity contribution in [1.82, 2.24) is 10.2 Å². The number of nitrogens with one attached hydrogen (secondary N) is 1. The summed E-state index contributed by atoms with van der Waals surface area (Å²) in [5.41, 5.74) is 0. The molecule has 0 aromatic rings. The molecule has 92 valence electrons. The van der Waals surface area contributed by atoms with Gasteiger partial charge in [0.2, 0.25) is 0 Å². The fourth-order valence-corrected chi connectivity index (χ4v) is 2.09. The normalized spacial score (nSPS) is 31.4. The molecule has 2 heterocycles. The maximum absolute atomic E-state index is 12.1. The standard InChI is InChI=1S/C11H20N2O3/c1-2-9-8-13(4-6-15-9)11(14)10-7-12-3-5-16-10/h9-10,12H,2-8H2,1H3. The molecule has 5 heteroatoms. The van der Waals surface area contributed by atoms with Crippen LogP contribution in [0, 0.1) is 0 Å². The van der Waals surface area contributed by atoms with Crippen molar-refractivity contribution < 1.29 is 14.3 Å². The summed E-state index contributed by atoms with van der Waals surface area (Å²) in [4.78, 5) is 14.0. The number of nitrogens with zero attached hydrogens (tertiary/aromatic N) is 1. The Morgan fingerprint density at radius 1 is 1.44 bits per heavy atom. The summed E-state index contributed by atoms with van der Waals surface area (Å²) in [6, 6.07) is 0. The van der Waals surface area contributed by atoms with E-state index in [9.17, 15) is 4.79 Å². The zero-order chi connectivity index (χ0) is 11.4. The van der Waals surface area contributed by atoms with Crippen molar-refractivity contribution >= 4 is 5.91 Å². The van der Waals surface area contributed by atoms with E-state index in [1.54, 1.807) is 0 Å². The number of hydrogen-bond donors (Lipinski definition) is 1. The SMILES string of the molecule is CCC1CN(C(=O)C2CNCCO2)CCO1. The van der Waals surface area contributed by atoms with Crippen LogP contribution < -0.4 is 5.32 Å². The molecular weight excluding hydrogens is 208 g/mol. The van der Waals surface area contributed by atoms with Crippen LogP contribution in [-0.4, -0.2) is 62.4 Å². The van der Waals surface area contributed by atoms with E-state index in [1.807, 2.05) is 4.90 Å². The number of rotatable bonds is 2. The molecule has 1 amide bonds. The molecule has 0 spiro atoms. The van der Waals surface area contributed by atoms with E-state index in [4.69, 9.17) is 9.47 Å². The van der Waals surface area contributed by atoms with Gasteiger partial charge in [-0.25, -0.2) is 0 Å². The molecule has 2 fully saturated rings. The van der Waals surface area contributed by atoms with Crippen LogP contribution in [0.2, 0.25) is 0 Å². The molecular formula is C11H20N2O3. The van der Waals surface area contributed by atoms with Gasteiger partial charge in [-0.3, -0.25) is 4.79 Å². The van der Waals surface area contributed by atoms with Crippen LogP contribution in [0.5, 0.6) is 0 Å². The summed E-state index contributed by atoms with van der Waals surface area (Å²) in [6.45, 7) is 6.21. The van der Waals surface area contributed by atoms with Crippen LogP contribution in [0.4, 0.5) is 0 Å². The monoisotopic (exact) mass is 228 g/mol. The van der Waals surface area contributed by atoms with Gasteiger partial charge >= 0.3 is 0 Å². The van der Waals surface area contributed by atoms with Crippen molar-refractivity contribution in [2.75, 3.05) is 39.4 Å². The van der Waals surface area contributed by atoms with Crippen LogP contribution in [0.25, 0.3) is 0 Å². The van der Waals surface area contributed by atoms with Gasteiger partial charge in [0, 0.05) is 26.2 Å². The highest BCUT2D eigenvalue weighted by Crippen LogP contribution is 2.11. The van der Waals surface area contributed by atoms with E-state index in [-0.39, 0.29) is 18.1 Å². The van der Waals surface area contributed by atoms with E-state index < -0.39 is 0 Å². The molecule has 0 aromatic heterocycles. The van der Waals surface area contributed by atoms with Crippen molar-refractivity contribution in [2.45, 2.75) is 25.6 Å². The Hall–Kier alpha value is -0.650. The summed E-state index contributed by atoms with van der Waals surface area (Å²) in [5.74, 6) is 0.106. The van der Waals surface area contributed by atoms with Gasteiger partial charge in [0.05, 0.1) is 19.3 Å². The molecule has 0 bridgehead atoms. The van der Waals surface area contributed by atoms with E-state index in [0.29, 0.717) is 32.8 Å². The third kappa shape index (κ3) is 2.72. The Morgan fingerprint density at radius 3 is 3.00 bits per heavy atom. The lowest BCUT2D eigenvalue weighted by atomic mass is 10.2. The topological polar surface area (TPSA) is 50.8 Å². The molecule has 0 aromatic carbocycles. The maximum atomic E-state index is 12.1. The Balaban J connectivity index is 1.87. The third-order valence-corrected chi connectivity index (χ3v) is 3.11. The second-order valence-corrected chi connectivity index (χ2v) is 4.25. The van der Waals surface area contributed by atoms with Crippen LogP contribution in [0.15, 0.2) is 0 Å². The zero-order valence-electron chi connectivity index (χ0n) is 9.78. The van der Waals surface area contributed by atoms with Crippen LogP contribution in [0.1, 0.15) is 13.3 Å². The molecule has 2 atom stereocenters. The molecule has 5 nitrogen and oxygen atoms in total. The highest BCUT2D eigenvalue weighted by Gasteiger charge is 2.30. The Morgan fingerprint density at radius 2 is 2.31 bits per heavy atom. The minimum Gasteiger partial charge on any atom is -0.375 e. The number of morpholine rings is 2. The van der Waals surface area contributed by atoms with E-state index in [0.717, 1.165) is 13.0 Å². The lowest BCUT2D eigenvalue weighted by molar-refractivity contribution is -0.152. The van der Waals surface area contributed by atoms with Crippen molar-refractivity contribution in [3.8, 4) is 0 Å². The molecule has 2 saturated heterocycles. The van der Waals surface area contributed by atoms with Gasteiger partial charge in [-0.1, -0.05) is 6.92 Å². The van der Waals surface area contributed by atoms with Crippen LogP contribution >= 0.6 is 0 Å². The predicted octanol–water partition coefficient (Wildman–Crippen LogP) is -0.388. The van der Waals surface area contributed by atoms with Gasteiger partial charge in [-0.05, 0) is 6.42 Å². The van der Waals surface area contributed by atoms with Gasteiger partial charge in [0.25, 0.3) is 5.91 Å². The van der Waals surface area contributed by atoms with Crippen LogP contribution in [-0.2, 0) is 14.3 Å². The first-order chi connectivity index (χ1) is 7.81. The molecule has 2 aliphatic heterocycles. The first-order valence-corrected chi connectivity index (χ1v) is 6.04. The highest BCUT2D eigenvalue weighted by atomic mass is 16.5. The summed E-state index contributed by atoms with van der Waals surface area (Å²) >= 11 is 0. The minimum atomic E-state index is -0.302. The number of carbonyl (C=O) groups is 1. The molecule has 0 radical (unpaired) electrons. The summed E-state index contributed by atoms with van der Waals surface area (Å²) in [5, 5.41) is 3.18. The quantitative estimate of drug-likeness (QED) is 0.699. The Kier molecular flexibility index (Phi) is 4.15. The Bertz CT molecular complexity index is 241. The minimum absolute atomic E-state index is 0.106. The molecule has 1 N–H and O–H groups in total. The second kappa shape index (κ2) is 5.61. The smallest absolute Gasteiger partial charge is 0.253 e. The van der Waals surface area contributed by atoms with Gasteiger partial charge in [-0.15, -0.1) is 0 Å². The summed E-state index contributed by atoms with van der Waals surface area (Å²) < 4.78 is 11.0. The fraction of sp³-hybridized carbons (Fsp3) is 0.909. The molecule has 0 saturated carbocycles. The number of hydrogen-bond acceptors (Lipinski definition) is 4. The molecule has 2 aliphatic rings. The van der Waals surface area contributed by atoms with Crippen molar-refractivity contribution in [1.29, 1.82) is 0 Å². The number of carbonyl (C=O) groups excluding carboxylic acids is 1. The molecule has 2 unspecified atom stereocenters. The highest BCUT2D eigenvalue weighted by molar-refractivity contribution is 5.81. The van der Waals surface area contributed by atoms with Gasteiger partial charge in [0.15, 0.2) is 0 Å². The van der Waals surface area contributed by atoms with E-state index in [2.05, 4.69) is 12.2 Å². The second-order valence-electron chi connectivity index (χ2n) is 4.25. The molecule has 2 rings (SSSR count). The largest absolute Gasteiger partial charge is 0.375 e. The average molecular weight is 228 g/mol. The van der Waals surface area contributed by atoms with E-state index in [1.165, 1.54) is 0 Å². The van der Waals surface area contributed by atoms with Crippen molar-refractivity contribution in [2.24, 2.45) is 0 Å². The van der Waals surface area contributed by atoms with Crippen molar-refractivity contribution in [3.63, 3.8) is 0 Å². The van der Waals surface area contributed by atoms with Gasteiger partial charge in [0.1, 0.15) is 6.10 Å². The third-order valence-electron chi connectivity index (χ3n) is 3.11. The average Bonchev–Trinajstić information content (AvgIpc) is 2.39. The van der Waals surface area contributed by atoms with Gasteiger partial charge < -0.3 is 19.7 Å². The lowest BCUT2D eigenvalue weighted by Crippen LogP contribution is -2.53. The molecule has 16 heavy (non-hydrogen) atoms. The number of amides is 1. The lowest BCUT2D eigenvalue weighted by Gasteiger charge is -2.35. The summed E-state index contributed by atoms with van der Waals surface area (Å²) in [6.07, 6.45) is 0.840. The van der Waals surface area contributed by atoms with Crippen LogP contribution in [0.3, 0.4) is 0 Å². The van der Waals surface area contributed by atoms with Crippen molar-refractivity contribution in [3.05, 3.63) is 0 Å². The first kappa shape index (κ1) is 11.8. The van der Waals surface area contributed by atoms with E-state index >= 15 is 0 Å². The van der Waals surface area contributed by atoms with Gasteiger partial charge in [-0.2, -0.15) is 0 Å². The first-order valence-electron chi connectivity index (χ1n) is 6.04. The number of ether oxygens (including phenoxy) is 2. The predicted molar refractivity (Wildman–Crippen MR) is 59.2 cm³/mol. The summed E-state index contributed by atoms with van der Waals surface area (Å²) in [7, 11) is 0. The Labute approximate surface area is 96.1 Å².